The third kappa shape index (κ3) is 2.26. The molecule has 1 aromatic carbocycles. The summed E-state index contributed by atoms with van der Waals surface area (Å²) in [7, 11) is 0. The molecule has 2 atom stereocenters. The molecule has 0 radical (unpaired) electrons. The van der Waals surface area contributed by atoms with Crippen molar-refractivity contribution in [2.24, 2.45) is 5.73 Å². The van der Waals surface area contributed by atoms with E-state index in [1.54, 1.807) is 11.3 Å². The lowest BCUT2D eigenvalue weighted by Gasteiger charge is -2.04. The van der Waals surface area contributed by atoms with E-state index in [-0.39, 0.29) is 0 Å². The summed E-state index contributed by atoms with van der Waals surface area (Å²) in [4.78, 5) is 4.76. The second kappa shape index (κ2) is 4.59. The van der Waals surface area contributed by atoms with Crippen LogP contribution in [0.4, 0.5) is 0 Å². The van der Waals surface area contributed by atoms with Crippen molar-refractivity contribution in [3.05, 3.63) is 40.7 Å². The zero-order chi connectivity index (χ0) is 11.7. The molecule has 0 spiro atoms. The monoisotopic (exact) mass is 244 g/mol. The number of benzene rings is 1. The first-order chi connectivity index (χ1) is 8.33. The normalized spacial score (nSPS) is 24.1. The number of hydrogen-bond acceptors (Lipinski definition) is 3. The molecule has 1 fully saturated rings. The summed E-state index contributed by atoms with van der Waals surface area (Å²) in [6.07, 6.45) is 3.44. The highest BCUT2D eigenvalue weighted by molar-refractivity contribution is 7.10. The average molecular weight is 244 g/mol. The highest BCUT2D eigenvalue weighted by atomic mass is 32.1. The predicted molar refractivity (Wildman–Crippen MR) is 72.1 cm³/mol. The van der Waals surface area contributed by atoms with E-state index in [9.17, 15) is 0 Å². The number of hydrogen-bond donors (Lipinski definition) is 1. The standard InChI is InChI=1S/C14H16N2S/c15-12-7-6-11(8-12)14-16-13(9-17-14)10-4-2-1-3-5-10/h1-5,9,11-12H,6-8,15H2/t11-,12+/m1/s1. The highest BCUT2D eigenvalue weighted by Gasteiger charge is 2.25. The molecule has 1 aliphatic carbocycles. The van der Waals surface area contributed by atoms with E-state index in [4.69, 9.17) is 10.7 Å². The van der Waals surface area contributed by atoms with Crippen molar-refractivity contribution in [1.82, 2.24) is 4.98 Å². The smallest absolute Gasteiger partial charge is 0.0964 e. The molecule has 0 bridgehead atoms. The minimum Gasteiger partial charge on any atom is -0.328 e. The van der Waals surface area contributed by atoms with Gasteiger partial charge in [-0.1, -0.05) is 30.3 Å². The van der Waals surface area contributed by atoms with E-state index in [2.05, 4.69) is 29.6 Å². The van der Waals surface area contributed by atoms with Crippen LogP contribution in [0.2, 0.25) is 0 Å². The van der Waals surface area contributed by atoms with Crippen molar-refractivity contribution in [2.45, 2.75) is 31.2 Å². The van der Waals surface area contributed by atoms with Gasteiger partial charge < -0.3 is 5.73 Å². The van der Waals surface area contributed by atoms with Crippen LogP contribution in [-0.2, 0) is 0 Å². The minimum absolute atomic E-state index is 0.379. The Balaban J connectivity index is 1.84. The van der Waals surface area contributed by atoms with Crippen LogP contribution in [0.25, 0.3) is 11.3 Å². The Morgan fingerprint density at radius 1 is 1.18 bits per heavy atom. The van der Waals surface area contributed by atoms with Crippen LogP contribution in [0.5, 0.6) is 0 Å². The lowest BCUT2D eigenvalue weighted by molar-refractivity contribution is 0.672. The summed E-state index contributed by atoms with van der Waals surface area (Å²) in [5, 5.41) is 3.42. The Hall–Kier alpha value is -1.19. The molecule has 1 aliphatic rings. The van der Waals surface area contributed by atoms with Crippen molar-refractivity contribution in [1.29, 1.82) is 0 Å². The maximum absolute atomic E-state index is 5.96. The van der Waals surface area contributed by atoms with Gasteiger partial charge in [0.2, 0.25) is 0 Å². The van der Waals surface area contributed by atoms with E-state index < -0.39 is 0 Å². The maximum atomic E-state index is 5.96. The van der Waals surface area contributed by atoms with E-state index >= 15 is 0 Å². The van der Waals surface area contributed by atoms with Crippen molar-refractivity contribution in [2.75, 3.05) is 0 Å². The van der Waals surface area contributed by atoms with Crippen LogP contribution in [0.1, 0.15) is 30.2 Å². The first kappa shape index (κ1) is 10.9. The largest absolute Gasteiger partial charge is 0.328 e. The van der Waals surface area contributed by atoms with Gasteiger partial charge in [0.15, 0.2) is 0 Å². The quantitative estimate of drug-likeness (QED) is 0.879. The third-order valence-corrected chi connectivity index (χ3v) is 4.42. The molecule has 2 N–H and O–H groups in total. The Labute approximate surface area is 106 Å². The van der Waals surface area contributed by atoms with E-state index in [0.29, 0.717) is 12.0 Å². The van der Waals surface area contributed by atoms with Gasteiger partial charge in [-0.05, 0) is 19.3 Å². The molecule has 1 saturated carbocycles. The summed E-state index contributed by atoms with van der Waals surface area (Å²) in [6.45, 7) is 0. The number of aromatic nitrogens is 1. The molecule has 0 amide bonds. The molecule has 3 rings (SSSR count). The minimum atomic E-state index is 0.379. The van der Waals surface area contributed by atoms with E-state index in [1.165, 1.54) is 17.0 Å². The van der Waals surface area contributed by atoms with Gasteiger partial charge in [0, 0.05) is 22.9 Å². The third-order valence-electron chi connectivity index (χ3n) is 3.41. The van der Waals surface area contributed by atoms with Crippen molar-refractivity contribution < 1.29 is 0 Å². The summed E-state index contributed by atoms with van der Waals surface area (Å²) < 4.78 is 0. The Morgan fingerprint density at radius 2 is 2.00 bits per heavy atom. The molecular weight excluding hydrogens is 228 g/mol. The SMILES string of the molecule is N[C@H]1CC[C@@H](c2nc(-c3ccccc3)cs2)C1. The fraction of sp³-hybridized carbons (Fsp3) is 0.357. The first-order valence-corrected chi connectivity index (χ1v) is 6.97. The molecule has 2 nitrogen and oxygen atoms in total. The number of thiazole rings is 1. The topological polar surface area (TPSA) is 38.9 Å². The van der Waals surface area contributed by atoms with Gasteiger partial charge in [-0.2, -0.15) is 0 Å². The molecule has 0 saturated heterocycles. The van der Waals surface area contributed by atoms with E-state index in [0.717, 1.165) is 18.5 Å². The van der Waals surface area contributed by atoms with Crippen LogP contribution in [0, 0.1) is 0 Å². The zero-order valence-electron chi connectivity index (χ0n) is 9.67. The Morgan fingerprint density at radius 3 is 2.71 bits per heavy atom. The van der Waals surface area contributed by atoms with Crippen LogP contribution in [-0.4, -0.2) is 11.0 Å². The van der Waals surface area contributed by atoms with Gasteiger partial charge in [0.1, 0.15) is 0 Å². The molecule has 88 valence electrons. The lowest BCUT2D eigenvalue weighted by Crippen LogP contribution is -2.14. The van der Waals surface area contributed by atoms with Crippen molar-refractivity contribution in [3.63, 3.8) is 0 Å². The van der Waals surface area contributed by atoms with Gasteiger partial charge in [-0.15, -0.1) is 11.3 Å². The van der Waals surface area contributed by atoms with Gasteiger partial charge in [0.05, 0.1) is 10.7 Å². The first-order valence-electron chi connectivity index (χ1n) is 6.09. The fourth-order valence-electron chi connectivity index (χ4n) is 2.46. The molecular formula is C14H16N2S. The van der Waals surface area contributed by atoms with Gasteiger partial charge in [-0.3, -0.25) is 0 Å². The Bertz CT molecular complexity index is 492. The summed E-state index contributed by atoms with van der Waals surface area (Å²) in [5.41, 5.74) is 8.27. The number of rotatable bonds is 2. The van der Waals surface area contributed by atoms with Gasteiger partial charge >= 0.3 is 0 Å². The molecule has 1 aromatic heterocycles. The van der Waals surface area contributed by atoms with Gasteiger partial charge in [-0.25, -0.2) is 4.98 Å². The molecule has 1 heterocycles. The second-order valence-electron chi connectivity index (χ2n) is 4.71. The second-order valence-corrected chi connectivity index (χ2v) is 5.60. The van der Waals surface area contributed by atoms with E-state index in [1.807, 2.05) is 6.07 Å². The zero-order valence-corrected chi connectivity index (χ0v) is 10.5. The van der Waals surface area contributed by atoms with Crippen LogP contribution < -0.4 is 5.73 Å². The molecule has 2 aromatic rings. The fourth-order valence-corrected chi connectivity index (χ4v) is 3.44. The van der Waals surface area contributed by atoms with Crippen LogP contribution in [0.15, 0.2) is 35.7 Å². The average Bonchev–Trinajstić information content (AvgIpc) is 2.98. The van der Waals surface area contributed by atoms with Gasteiger partial charge in [0.25, 0.3) is 0 Å². The summed E-state index contributed by atoms with van der Waals surface area (Å²) in [5.74, 6) is 0.590. The summed E-state index contributed by atoms with van der Waals surface area (Å²) in [6, 6.07) is 10.7. The number of nitrogens with zero attached hydrogens (tertiary/aromatic N) is 1. The predicted octanol–water partition coefficient (Wildman–Crippen LogP) is 3.40. The van der Waals surface area contributed by atoms with Crippen LogP contribution in [0.3, 0.4) is 0 Å². The molecule has 17 heavy (non-hydrogen) atoms. The lowest BCUT2D eigenvalue weighted by atomic mass is 10.1. The Kier molecular flexibility index (Phi) is 2.95. The summed E-state index contributed by atoms with van der Waals surface area (Å²) >= 11 is 1.78. The number of nitrogens with two attached hydrogens (primary N) is 1. The van der Waals surface area contributed by atoms with Crippen molar-refractivity contribution >= 4 is 11.3 Å². The molecule has 0 aliphatic heterocycles. The highest BCUT2D eigenvalue weighted by Crippen LogP contribution is 2.36. The molecule has 0 unspecified atom stereocenters. The molecule has 3 heteroatoms. The van der Waals surface area contributed by atoms with Crippen molar-refractivity contribution in [3.8, 4) is 11.3 Å². The van der Waals surface area contributed by atoms with Crippen LogP contribution >= 0.6 is 11.3 Å². The maximum Gasteiger partial charge on any atom is 0.0964 e.